The molecule has 0 amide bonds. The Morgan fingerprint density at radius 1 is 0.308 bits per heavy atom. The van der Waals surface area contributed by atoms with Crippen molar-refractivity contribution in [3.63, 3.8) is 0 Å². The third kappa shape index (κ3) is 4.34. The van der Waals surface area contributed by atoms with Crippen molar-refractivity contribution in [1.82, 2.24) is 19.1 Å². The summed E-state index contributed by atoms with van der Waals surface area (Å²) in [5.41, 5.74) is 12.4. The summed E-state index contributed by atoms with van der Waals surface area (Å²) in [4.78, 5) is 10.6. The van der Waals surface area contributed by atoms with Crippen molar-refractivity contribution < 1.29 is 0 Å². The smallest absolute Gasteiger partial charge is 0.0973 e. The van der Waals surface area contributed by atoms with Crippen molar-refractivity contribution in [2.45, 2.75) is 0 Å². The molecule has 0 bridgehead atoms. The highest BCUT2D eigenvalue weighted by molar-refractivity contribution is 6.20. The molecule has 0 saturated heterocycles. The zero-order chi connectivity index (χ0) is 34.2. The Kier molecular flexibility index (Phi) is 6.22. The van der Waals surface area contributed by atoms with Crippen LogP contribution in [0.1, 0.15) is 0 Å². The fourth-order valence-electron chi connectivity index (χ4n) is 8.07. The molecule has 8 aromatic carbocycles. The van der Waals surface area contributed by atoms with E-state index in [0.717, 1.165) is 56.0 Å². The minimum atomic E-state index is 0.855. The van der Waals surface area contributed by atoms with Crippen molar-refractivity contribution in [2.75, 3.05) is 0 Å². The van der Waals surface area contributed by atoms with Crippen LogP contribution in [0.3, 0.4) is 0 Å². The first-order valence-electron chi connectivity index (χ1n) is 17.7. The molecule has 0 unspecified atom stereocenters. The molecular weight excluding hydrogens is 633 g/mol. The Labute approximate surface area is 299 Å². The minimum Gasteiger partial charge on any atom is -0.309 e. The van der Waals surface area contributed by atoms with E-state index >= 15 is 0 Å². The second-order valence-electron chi connectivity index (χ2n) is 13.5. The lowest BCUT2D eigenvalue weighted by atomic mass is 10.0. The van der Waals surface area contributed by atoms with Gasteiger partial charge in [-0.05, 0) is 71.4 Å². The standard InChI is InChI=1S/C48H30N4/c1-4-14-31(15-5-1)47-48(32-16-6-2-7-17-32)50-42-28-36(24-25-41(42)49-47)52-43-23-13-12-22-37(43)39-29-40-38-26-33-18-10-11-19-34(33)27-44(38)51(46(40)30-45(39)52)35-20-8-3-9-21-35/h1-30H. The fraction of sp³-hybridized carbons (Fsp3) is 0. The summed E-state index contributed by atoms with van der Waals surface area (Å²) in [7, 11) is 0. The highest BCUT2D eigenvalue weighted by Crippen LogP contribution is 2.41. The maximum atomic E-state index is 5.33. The van der Waals surface area contributed by atoms with Crippen molar-refractivity contribution in [3.8, 4) is 33.9 Å². The quantitative estimate of drug-likeness (QED) is 0.188. The van der Waals surface area contributed by atoms with Crippen molar-refractivity contribution in [2.24, 2.45) is 0 Å². The predicted molar refractivity (Wildman–Crippen MR) is 217 cm³/mol. The number of para-hydroxylation sites is 2. The molecule has 3 aromatic heterocycles. The number of hydrogen-bond acceptors (Lipinski definition) is 2. The van der Waals surface area contributed by atoms with Gasteiger partial charge in [-0.15, -0.1) is 0 Å². The van der Waals surface area contributed by atoms with Crippen LogP contribution in [-0.2, 0) is 0 Å². The van der Waals surface area contributed by atoms with Gasteiger partial charge in [-0.1, -0.05) is 121 Å². The van der Waals surface area contributed by atoms with Gasteiger partial charge >= 0.3 is 0 Å². The van der Waals surface area contributed by atoms with Crippen LogP contribution in [0.2, 0.25) is 0 Å². The van der Waals surface area contributed by atoms with Crippen LogP contribution in [0.25, 0.3) is 99.3 Å². The molecule has 3 heterocycles. The molecule has 11 aromatic rings. The summed E-state index contributed by atoms with van der Waals surface area (Å²) in [6, 6.07) is 64.8. The second kappa shape index (κ2) is 11.2. The summed E-state index contributed by atoms with van der Waals surface area (Å²) < 4.78 is 4.81. The molecule has 0 aliphatic rings. The van der Waals surface area contributed by atoms with Gasteiger partial charge in [0.15, 0.2) is 0 Å². The lowest BCUT2D eigenvalue weighted by Crippen LogP contribution is -1.99. The Balaban J connectivity index is 1.21. The van der Waals surface area contributed by atoms with Crippen LogP contribution in [0.4, 0.5) is 0 Å². The highest BCUT2D eigenvalue weighted by atomic mass is 15.0. The number of aromatic nitrogens is 4. The molecule has 4 nitrogen and oxygen atoms in total. The van der Waals surface area contributed by atoms with Crippen LogP contribution in [0.15, 0.2) is 182 Å². The van der Waals surface area contributed by atoms with Gasteiger partial charge in [0.2, 0.25) is 0 Å². The van der Waals surface area contributed by atoms with Crippen LogP contribution in [0, 0.1) is 0 Å². The maximum Gasteiger partial charge on any atom is 0.0973 e. The van der Waals surface area contributed by atoms with Gasteiger partial charge in [0.1, 0.15) is 0 Å². The molecule has 0 aliphatic heterocycles. The molecule has 0 saturated carbocycles. The average molecular weight is 663 g/mol. The second-order valence-corrected chi connectivity index (χ2v) is 13.5. The number of nitrogens with zero attached hydrogens (tertiary/aromatic N) is 4. The van der Waals surface area contributed by atoms with Crippen LogP contribution in [-0.4, -0.2) is 19.1 Å². The molecular formula is C48H30N4. The summed E-state index contributed by atoms with van der Waals surface area (Å²) in [5.74, 6) is 0. The topological polar surface area (TPSA) is 35.6 Å². The Hall–Kier alpha value is -7.04. The number of fused-ring (bicyclic) bond motifs is 8. The maximum absolute atomic E-state index is 5.33. The van der Waals surface area contributed by atoms with Crippen LogP contribution in [0.5, 0.6) is 0 Å². The number of hydrogen-bond donors (Lipinski definition) is 0. The van der Waals surface area contributed by atoms with Crippen molar-refractivity contribution in [3.05, 3.63) is 182 Å². The average Bonchev–Trinajstić information content (AvgIpc) is 3.70. The molecule has 0 fully saturated rings. The fourth-order valence-corrected chi connectivity index (χ4v) is 8.07. The number of benzene rings is 8. The van der Waals surface area contributed by atoms with Gasteiger partial charge in [0.05, 0.1) is 44.5 Å². The monoisotopic (exact) mass is 662 g/mol. The largest absolute Gasteiger partial charge is 0.309 e. The molecule has 11 rings (SSSR count). The molecule has 0 spiro atoms. The van der Waals surface area contributed by atoms with Crippen LogP contribution >= 0.6 is 0 Å². The first-order chi connectivity index (χ1) is 25.8. The molecule has 52 heavy (non-hydrogen) atoms. The Morgan fingerprint density at radius 2 is 0.827 bits per heavy atom. The van der Waals surface area contributed by atoms with Gasteiger partial charge in [0, 0.05) is 44.0 Å². The summed E-state index contributed by atoms with van der Waals surface area (Å²) in [5, 5.41) is 7.41. The van der Waals surface area contributed by atoms with E-state index in [0.29, 0.717) is 0 Å². The molecule has 242 valence electrons. The molecule has 0 radical (unpaired) electrons. The van der Waals surface area contributed by atoms with E-state index in [1.54, 1.807) is 0 Å². The lowest BCUT2D eigenvalue weighted by molar-refractivity contribution is 1.16. The zero-order valence-electron chi connectivity index (χ0n) is 28.1. The van der Waals surface area contributed by atoms with E-state index in [2.05, 4.69) is 179 Å². The van der Waals surface area contributed by atoms with E-state index in [4.69, 9.17) is 9.97 Å². The molecule has 0 atom stereocenters. The van der Waals surface area contributed by atoms with E-state index in [9.17, 15) is 0 Å². The minimum absolute atomic E-state index is 0.855. The van der Waals surface area contributed by atoms with E-state index < -0.39 is 0 Å². The first-order valence-corrected chi connectivity index (χ1v) is 17.7. The highest BCUT2D eigenvalue weighted by Gasteiger charge is 2.20. The predicted octanol–water partition coefficient (Wildman–Crippen LogP) is 12.3. The van der Waals surface area contributed by atoms with Crippen molar-refractivity contribution >= 4 is 65.4 Å². The first kappa shape index (κ1) is 28.8. The van der Waals surface area contributed by atoms with E-state index in [1.807, 2.05) is 12.1 Å². The van der Waals surface area contributed by atoms with Gasteiger partial charge < -0.3 is 9.13 Å². The molecule has 0 aliphatic carbocycles. The van der Waals surface area contributed by atoms with E-state index in [1.165, 1.54) is 43.4 Å². The van der Waals surface area contributed by atoms with Gasteiger partial charge in [0.25, 0.3) is 0 Å². The lowest BCUT2D eigenvalue weighted by Gasteiger charge is -2.13. The normalized spacial score (nSPS) is 11.8. The molecule has 0 N–H and O–H groups in total. The summed E-state index contributed by atoms with van der Waals surface area (Å²) in [6.07, 6.45) is 0. The van der Waals surface area contributed by atoms with Gasteiger partial charge in [-0.2, -0.15) is 0 Å². The Bertz CT molecular complexity index is 3160. The third-order valence-electron chi connectivity index (χ3n) is 10.4. The van der Waals surface area contributed by atoms with E-state index in [-0.39, 0.29) is 0 Å². The summed E-state index contributed by atoms with van der Waals surface area (Å²) in [6.45, 7) is 0. The number of rotatable bonds is 4. The van der Waals surface area contributed by atoms with Crippen LogP contribution < -0.4 is 0 Å². The summed E-state index contributed by atoms with van der Waals surface area (Å²) >= 11 is 0. The Morgan fingerprint density at radius 3 is 1.54 bits per heavy atom. The molecule has 4 heteroatoms. The van der Waals surface area contributed by atoms with Crippen molar-refractivity contribution in [1.29, 1.82) is 0 Å². The SMILES string of the molecule is c1ccc(-c2nc3ccc(-n4c5ccccc5c5cc6c7cc8ccccc8cc7n(-c7ccccc7)c6cc54)cc3nc2-c2ccccc2)cc1. The third-order valence-corrected chi connectivity index (χ3v) is 10.4. The zero-order valence-corrected chi connectivity index (χ0v) is 28.1. The van der Waals surface area contributed by atoms with Gasteiger partial charge in [-0.25, -0.2) is 9.97 Å². The van der Waals surface area contributed by atoms with Gasteiger partial charge in [-0.3, -0.25) is 0 Å².